The summed E-state index contributed by atoms with van der Waals surface area (Å²) in [5, 5.41) is 10.2. The molecule has 8 heteroatoms. The van der Waals surface area contributed by atoms with Gasteiger partial charge < -0.3 is 20.5 Å². The zero-order chi connectivity index (χ0) is 22.0. The minimum Gasteiger partial charge on any atom is -0.471 e. The van der Waals surface area contributed by atoms with Gasteiger partial charge in [0.25, 0.3) is 5.91 Å². The van der Waals surface area contributed by atoms with E-state index in [4.69, 9.17) is 10.5 Å². The lowest BCUT2D eigenvalue weighted by atomic mass is 9.95. The molecule has 3 heterocycles. The van der Waals surface area contributed by atoms with Gasteiger partial charge in [-0.05, 0) is 49.9 Å². The van der Waals surface area contributed by atoms with Crippen LogP contribution in [0.15, 0.2) is 35.1 Å². The van der Waals surface area contributed by atoms with Crippen LogP contribution in [-0.4, -0.2) is 46.4 Å². The van der Waals surface area contributed by atoms with Crippen molar-refractivity contribution in [2.24, 2.45) is 10.7 Å². The summed E-state index contributed by atoms with van der Waals surface area (Å²) in [7, 11) is 1.72. The van der Waals surface area contributed by atoms with E-state index in [0.29, 0.717) is 30.2 Å². The second-order valence-electron chi connectivity index (χ2n) is 8.07. The minimum absolute atomic E-state index is 0.0840. The highest BCUT2D eigenvalue weighted by atomic mass is 32.1. The molecular formula is C23H28N4O3S. The molecule has 1 fully saturated rings. The van der Waals surface area contributed by atoms with Gasteiger partial charge >= 0.3 is 0 Å². The number of aliphatic hydroxyl groups is 1. The SMILES string of the molecule is CN=CC(=C(C)N)c1ccc(CN2Cc3ccnc(O[C@H]4CCCC[C@@H]4O)c3C2=O)s1. The Morgan fingerprint density at radius 1 is 1.39 bits per heavy atom. The summed E-state index contributed by atoms with van der Waals surface area (Å²) in [5.41, 5.74) is 9.05. The maximum Gasteiger partial charge on any atom is 0.260 e. The summed E-state index contributed by atoms with van der Waals surface area (Å²) in [6.45, 7) is 2.88. The number of thiophene rings is 1. The van der Waals surface area contributed by atoms with Crippen LogP contribution in [0.5, 0.6) is 5.88 Å². The molecule has 1 aliphatic carbocycles. The van der Waals surface area contributed by atoms with Gasteiger partial charge in [0.15, 0.2) is 0 Å². The fourth-order valence-electron chi connectivity index (χ4n) is 4.14. The summed E-state index contributed by atoms with van der Waals surface area (Å²) in [6, 6.07) is 5.91. The van der Waals surface area contributed by atoms with Crippen molar-refractivity contribution >= 4 is 29.0 Å². The topological polar surface area (TPSA) is 101 Å². The number of carbonyl (C=O) groups excluding carboxylic acids is 1. The molecule has 7 nitrogen and oxygen atoms in total. The average molecular weight is 441 g/mol. The molecule has 1 aliphatic heterocycles. The predicted molar refractivity (Wildman–Crippen MR) is 122 cm³/mol. The molecule has 164 valence electrons. The van der Waals surface area contributed by atoms with Gasteiger partial charge in [0, 0.05) is 47.0 Å². The largest absolute Gasteiger partial charge is 0.471 e. The normalized spacial score (nSPS) is 22.0. The Bertz CT molecular complexity index is 1030. The highest BCUT2D eigenvalue weighted by molar-refractivity contribution is 7.13. The molecular weight excluding hydrogens is 412 g/mol. The lowest BCUT2D eigenvalue weighted by Crippen LogP contribution is -2.35. The van der Waals surface area contributed by atoms with Crippen LogP contribution in [0.3, 0.4) is 0 Å². The molecule has 31 heavy (non-hydrogen) atoms. The van der Waals surface area contributed by atoms with Crippen LogP contribution < -0.4 is 10.5 Å². The number of ether oxygens (including phenoxy) is 1. The number of hydrogen-bond acceptors (Lipinski definition) is 7. The van der Waals surface area contributed by atoms with Crippen LogP contribution in [0.25, 0.3) is 5.57 Å². The molecule has 0 bridgehead atoms. The maximum absolute atomic E-state index is 13.2. The van der Waals surface area contributed by atoms with Crippen molar-refractivity contribution in [2.75, 3.05) is 7.05 Å². The molecule has 2 aromatic rings. The van der Waals surface area contributed by atoms with E-state index in [2.05, 4.69) is 9.98 Å². The number of hydrogen-bond donors (Lipinski definition) is 2. The lowest BCUT2D eigenvalue weighted by Gasteiger charge is -2.28. The molecule has 2 aliphatic rings. The van der Waals surface area contributed by atoms with Crippen LogP contribution in [0.1, 0.15) is 58.3 Å². The van der Waals surface area contributed by atoms with Gasteiger partial charge in [-0.3, -0.25) is 9.79 Å². The number of nitrogens with zero attached hydrogens (tertiary/aromatic N) is 3. The van der Waals surface area contributed by atoms with Gasteiger partial charge in [0.05, 0.1) is 12.6 Å². The maximum atomic E-state index is 13.2. The van der Waals surface area contributed by atoms with E-state index in [1.165, 1.54) is 0 Å². The second kappa shape index (κ2) is 9.20. The van der Waals surface area contributed by atoms with Crippen molar-refractivity contribution in [3.63, 3.8) is 0 Å². The van der Waals surface area contributed by atoms with Gasteiger partial charge in [-0.25, -0.2) is 4.98 Å². The zero-order valence-corrected chi connectivity index (χ0v) is 18.7. The predicted octanol–water partition coefficient (Wildman–Crippen LogP) is 3.37. The highest BCUT2D eigenvalue weighted by Gasteiger charge is 2.34. The third-order valence-electron chi connectivity index (χ3n) is 5.75. The molecule has 2 atom stereocenters. The lowest BCUT2D eigenvalue weighted by molar-refractivity contribution is 0.00397. The molecule has 3 N–H and O–H groups in total. The van der Waals surface area contributed by atoms with Crippen LogP contribution in [0.4, 0.5) is 0 Å². The first-order chi connectivity index (χ1) is 15.0. The number of aliphatic hydroxyl groups excluding tert-OH is 1. The monoisotopic (exact) mass is 440 g/mol. The summed E-state index contributed by atoms with van der Waals surface area (Å²) in [4.78, 5) is 25.5. The smallest absolute Gasteiger partial charge is 0.260 e. The molecule has 0 spiro atoms. The van der Waals surface area contributed by atoms with E-state index in [1.807, 2.05) is 25.1 Å². The van der Waals surface area contributed by atoms with Crippen molar-refractivity contribution in [1.82, 2.24) is 9.88 Å². The van der Waals surface area contributed by atoms with Gasteiger partial charge in [-0.15, -0.1) is 11.3 Å². The Labute approximate surface area is 186 Å². The van der Waals surface area contributed by atoms with E-state index in [9.17, 15) is 9.90 Å². The van der Waals surface area contributed by atoms with Crippen LogP contribution in [-0.2, 0) is 13.1 Å². The standard InChI is InChI=1S/C23H28N4O3S/c1-14(24)17(11-25-2)20-8-7-16(31-20)13-27-12-15-9-10-26-22(21(15)23(27)29)30-19-6-4-3-5-18(19)28/h7-11,18-19,28H,3-6,12-13,24H2,1-2H3/t18-,19-/m0/s1. The molecule has 2 aromatic heterocycles. The molecule has 0 unspecified atom stereocenters. The fraction of sp³-hybridized carbons (Fsp3) is 0.435. The Morgan fingerprint density at radius 3 is 2.94 bits per heavy atom. The second-order valence-corrected chi connectivity index (χ2v) is 9.24. The Hall–Kier alpha value is -2.71. The van der Waals surface area contributed by atoms with Crippen LogP contribution >= 0.6 is 11.3 Å². The van der Waals surface area contributed by atoms with Crippen molar-refractivity contribution in [2.45, 2.75) is 57.9 Å². The number of aromatic nitrogens is 1. The molecule has 1 amide bonds. The van der Waals surface area contributed by atoms with E-state index in [1.54, 1.807) is 35.7 Å². The Kier molecular flexibility index (Phi) is 6.38. The number of rotatable bonds is 6. The van der Waals surface area contributed by atoms with Gasteiger partial charge in [-0.1, -0.05) is 6.42 Å². The summed E-state index contributed by atoms with van der Waals surface area (Å²) < 4.78 is 6.03. The van der Waals surface area contributed by atoms with E-state index in [-0.39, 0.29) is 12.0 Å². The fourth-order valence-corrected chi connectivity index (χ4v) is 5.23. The number of fused-ring (bicyclic) bond motifs is 1. The number of pyridine rings is 1. The van der Waals surface area contributed by atoms with Crippen molar-refractivity contribution < 1.29 is 14.6 Å². The summed E-state index contributed by atoms with van der Waals surface area (Å²) in [5.74, 6) is 0.255. The third kappa shape index (κ3) is 4.50. The Morgan fingerprint density at radius 2 is 2.19 bits per heavy atom. The first kappa shape index (κ1) is 21.5. The zero-order valence-electron chi connectivity index (χ0n) is 17.9. The van der Waals surface area contributed by atoms with Crippen molar-refractivity contribution in [1.29, 1.82) is 0 Å². The quantitative estimate of drug-likeness (QED) is 0.671. The number of allylic oxidation sites excluding steroid dienone is 2. The number of aliphatic imine (C=N–C) groups is 1. The van der Waals surface area contributed by atoms with E-state index >= 15 is 0 Å². The molecule has 4 rings (SSSR count). The first-order valence-corrected chi connectivity index (χ1v) is 11.4. The van der Waals surface area contributed by atoms with Gasteiger partial charge in [0.2, 0.25) is 5.88 Å². The highest BCUT2D eigenvalue weighted by Crippen LogP contribution is 2.34. The van der Waals surface area contributed by atoms with Crippen molar-refractivity contribution in [3.05, 3.63) is 51.0 Å². The summed E-state index contributed by atoms with van der Waals surface area (Å²) in [6.07, 6.45) is 6.14. The minimum atomic E-state index is -0.511. The average Bonchev–Trinajstić information content (AvgIpc) is 3.33. The van der Waals surface area contributed by atoms with Gasteiger partial charge in [-0.2, -0.15) is 0 Å². The Balaban J connectivity index is 1.51. The van der Waals surface area contributed by atoms with Gasteiger partial charge in [0.1, 0.15) is 11.7 Å². The first-order valence-electron chi connectivity index (χ1n) is 10.6. The molecule has 0 radical (unpaired) electrons. The van der Waals surface area contributed by atoms with Crippen molar-refractivity contribution in [3.8, 4) is 5.88 Å². The molecule has 0 aromatic carbocycles. The van der Waals surface area contributed by atoms with E-state index < -0.39 is 6.10 Å². The summed E-state index contributed by atoms with van der Waals surface area (Å²) >= 11 is 1.61. The molecule has 1 saturated carbocycles. The van der Waals surface area contributed by atoms with Crippen LogP contribution in [0.2, 0.25) is 0 Å². The molecule has 0 saturated heterocycles. The number of carbonyl (C=O) groups is 1. The van der Waals surface area contributed by atoms with Crippen LogP contribution in [0, 0.1) is 0 Å². The number of nitrogens with two attached hydrogens (primary N) is 1. The number of amides is 1. The van der Waals surface area contributed by atoms with E-state index in [0.717, 1.165) is 46.6 Å². The third-order valence-corrected chi connectivity index (χ3v) is 6.86.